The molecular weight excluding hydrogens is 254 g/mol. The second-order valence-corrected chi connectivity index (χ2v) is 7.17. The van der Waals surface area contributed by atoms with E-state index in [4.69, 9.17) is 0 Å². The Morgan fingerprint density at radius 2 is 1.81 bits per heavy atom. The number of rotatable bonds is 6. The van der Waals surface area contributed by atoms with Crippen molar-refractivity contribution in [3.63, 3.8) is 0 Å². The molecule has 0 aromatic heterocycles. The van der Waals surface area contributed by atoms with Gasteiger partial charge in [-0.2, -0.15) is 0 Å². The van der Waals surface area contributed by atoms with Crippen LogP contribution in [0.25, 0.3) is 0 Å². The fraction of sp³-hybridized carbons (Fsp3) is 0.700. The minimum Gasteiger partial charge on any atom is -0.313 e. The van der Waals surface area contributed by atoms with Crippen LogP contribution < -0.4 is 5.32 Å². The SMILES string of the molecule is CCNC(C1CCCCC1CC)C1(c2ccccc2)CC1. The fourth-order valence-corrected chi connectivity index (χ4v) is 4.84. The smallest absolute Gasteiger partial charge is 0.0195 e. The van der Waals surface area contributed by atoms with E-state index < -0.39 is 0 Å². The molecule has 1 aromatic rings. The zero-order chi connectivity index (χ0) is 14.7. The van der Waals surface area contributed by atoms with Crippen LogP contribution in [0.5, 0.6) is 0 Å². The maximum atomic E-state index is 3.92. The predicted octanol–water partition coefficient (Wildman–Crippen LogP) is 4.91. The molecule has 1 heteroatoms. The van der Waals surface area contributed by atoms with Crippen molar-refractivity contribution in [2.24, 2.45) is 11.8 Å². The van der Waals surface area contributed by atoms with Crippen molar-refractivity contribution in [1.29, 1.82) is 0 Å². The van der Waals surface area contributed by atoms with Crippen LogP contribution in [0.3, 0.4) is 0 Å². The second-order valence-electron chi connectivity index (χ2n) is 7.17. The van der Waals surface area contributed by atoms with Gasteiger partial charge in [-0.05, 0) is 43.2 Å². The summed E-state index contributed by atoms with van der Waals surface area (Å²) >= 11 is 0. The summed E-state index contributed by atoms with van der Waals surface area (Å²) in [7, 11) is 0. The molecule has 2 fully saturated rings. The van der Waals surface area contributed by atoms with Gasteiger partial charge in [0, 0.05) is 11.5 Å². The third-order valence-electron chi connectivity index (χ3n) is 6.08. The van der Waals surface area contributed by atoms with Crippen molar-refractivity contribution < 1.29 is 0 Å². The third kappa shape index (κ3) is 2.90. The molecule has 2 aliphatic rings. The summed E-state index contributed by atoms with van der Waals surface area (Å²) in [6.07, 6.45) is 9.89. The molecule has 1 N–H and O–H groups in total. The molecule has 0 aliphatic heterocycles. The van der Waals surface area contributed by atoms with Crippen LogP contribution in [0.4, 0.5) is 0 Å². The zero-order valence-corrected chi connectivity index (χ0v) is 13.8. The Morgan fingerprint density at radius 3 is 2.43 bits per heavy atom. The Bertz CT molecular complexity index is 434. The molecule has 3 rings (SSSR count). The lowest BCUT2D eigenvalue weighted by Gasteiger charge is -2.42. The van der Waals surface area contributed by atoms with E-state index in [1.165, 1.54) is 44.9 Å². The Morgan fingerprint density at radius 1 is 1.10 bits per heavy atom. The minimum absolute atomic E-state index is 0.437. The normalized spacial score (nSPS) is 29.0. The van der Waals surface area contributed by atoms with E-state index in [0.29, 0.717) is 11.5 Å². The Kier molecular flexibility index (Phi) is 4.69. The summed E-state index contributed by atoms with van der Waals surface area (Å²) in [6, 6.07) is 12.0. The van der Waals surface area contributed by atoms with Crippen molar-refractivity contribution in [2.75, 3.05) is 6.54 Å². The minimum atomic E-state index is 0.437. The summed E-state index contributed by atoms with van der Waals surface area (Å²) < 4.78 is 0. The average Bonchev–Trinajstić information content (AvgIpc) is 3.35. The van der Waals surface area contributed by atoms with Gasteiger partial charge < -0.3 is 5.32 Å². The average molecular weight is 285 g/mol. The van der Waals surface area contributed by atoms with E-state index >= 15 is 0 Å². The van der Waals surface area contributed by atoms with Crippen LogP contribution in [0.15, 0.2) is 30.3 Å². The largest absolute Gasteiger partial charge is 0.313 e. The molecule has 1 aromatic carbocycles. The quantitative estimate of drug-likeness (QED) is 0.783. The van der Waals surface area contributed by atoms with Crippen molar-refractivity contribution in [3.8, 4) is 0 Å². The van der Waals surface area contributed by atoms with Gasteiger partial charge in [0.1, 0.15) is 0 Å². The fourth-order valence-electron chi connectivity index (χ4n) is 4.84. The number of nitrogens with one attached hydrogen (secondary N) is 1. The highest BCUT2D eigenvalue weighted by Crippen LogP contribution is 2.55. The topological polar surface area (TPSA) is 12.0 Å². The first-order valence-corrected chi connectivity index (χ1v) is 9.10. The summed E-state index contributed by atoms with van der Waals surface area (Å²) in [5.41, 5.74) is 2.02. The van der Waals surface area contributed by atoms with Gasteiger partial charge in [0.2, 0.25) is 0 Å². The molecule has 0 heterocycles. The third-order valence-corrected chi connectivity index (χ3v) is 6.08. The van der Waals surface area contributed by atoms with Gasteiger partial charge in [0.05, 0.1) is 0 Å². The van der Waals surface area contributed by atoms with Gasteiger partial charge in [-0.3, -0.25) is 0 Å². The first-order valence-electron chi connectivity index (χ1n) is 9.10. The maximum Gasteiger partial charge on any atom is 0.0195 e. The molecule has 2 aliphatic carbocycles. The summed E-state index contributed by atoms with van der Waals surface area (Å²) in [4.78, 5) is 0. The molecule has 0 spiro atoms. The van der Waals surface area contributed by atoms with Gasteiger partial charge in [-0.25, -0.2) is 0 Å². The van der Waals surface area contributed by atoms with Crippen LogP contribution in [0.2, 0.25) is 0 Å². The summed E-state index contributed by atoms with van der Waals surface area (Å²) in [5.74, 6) is 1.82. The van der Waals surface area contributed by atoms with Crippen LogP contribution in [-0.4, -0.2) is 12.6 Å². The number of hydrogen-bond donors (Lipinski definition) is 1. The number of likely N-dealkylation sites (N-methyl/N-ethyl adjacent to an activating group) is 1. The summed E-state index contributed by atoms with van der Waals surface area (Å²) in [5, 5.41) is 3.92. The first kappa shape index (κ1) is 15.1. The van der Waals surface area contributed by atoms with E-state index in [-0.39, 0.29) is 0 Å². The van der Waals surface area contributed by atoms with Crippen LogP contribution in [0.1, 0.15) is 64.4 Å². The molecule has 2 saturated carbocycles. The van der Waals surface area contributed by atoms with Crippen LogP contribution >= 0.6 is 0 Å². The molecule has 21 heavy (non-hydrogen) atoms. The highest BCUT2D eigenvalue weighted by molar-refractivity contribution is 5.34. The lowest BCUT2D eigenvalue weighted by molar-refractivity contribution is 0.152. The molecule has 0 bridgehead atoms. The monoisotopic (exact) mass is 285 g/mol. The lowest BCUT2D eigenvalue weighted by atomic mass is 9.68. The predicted molar refractivity (Wildman–Crippen MR) is 90.6 cm³/mol. The van der Waals surface area contributed by atoms with Crippen molar-refractivity contribution in [1.82, 2.24) is 5.32 Å². The second kappa shape index (κ2) is 6.52. The van der Waals surface area contributed by atoms with E-state index in [9.17, 15) is 0 Å². The van der Waals surface area contributed by atoms with Gasteiger partial charge in [-0.1, -0.05) is 69.9 Å². The van der Waals surface area contributed by atoms with Gasteiger partial charge in [0.15, 0.2) is 0 Å². The van der Waals surface area contributed by atoms with Crippen molar-refractivity contribution in [2.45, 2.75) is 70.3 Å². The number of benzene rings is 1. The molecule has 3 unspecified atom stereocenters. The lowest BCUT2D eigenvalue weighted by Crippen LogP contribution is -2.48. The molecule has 0 radical (unpaired) electrons. The Labute approximate surface area is 130 Å². The summed E-state index contributed by atoms with van der Waals surface area (Å²) in [6.45, 7) is 5.78. The molecular formula is C20H31N. The molecule has 116 valence electrons. The van der Waals surface area contributed by atoms with E-state index in [2.05, 4.69) is 49.5 Å². The van der Waals surface area contributed by atoms with Crippen molar-refractivity contribution in [3.05, 3.63) is 35.9 Å². The van der Waals surface area contributed by atoms with Crippen LogP contribution in [0, 0.1) is 11.8 Å². The zero-order valence-electron chi connectivity index (χ0n) is 13.8. The first-order chi connectivity index (χ1) is 10.3. The molecule has 0 saturated heterocycles. The van der Waals surface area contributed by atoms with E-state index in [0.717, 1.165) is 18.4 Å². The van der Waals surface area contributed by atoms with Crippen LogP contribution in [-0.2, 0) is 5.41 Å². The van der Waals surface area contributed by atoms with E-state index in [1.807, 2.05) is 0 Å². The maximum absolute atomic E-state index is 3.92. The van der Waals surface area contributed by atoms with E-state index in [1.54, 1.807) is 5.56 Å². The van der Waals surface area contributed by atoms with Gasteiger partial charge >= 0.3 is 0 Å². The molecule has 0 amide bonds. The Balaban J connectivity index is 1.87. The molecule has 3 atom stereocenters. The molecule has 1 nitrogen and oxygen atoms in total. The standard InChI is InChI=1S/C20H31N/c1-3-16-10-8-9-13-18(16)19(21-4-2)20(14-15-20)17-11-6-5-7-12-17/h5-7,11-12,16,18-19,21H,3-4,8-10,13-15H2,1-2H3. The van der Waals surface area contributed by atoms with Gasteiger partial charge in [0.25, 0.3) is 0 Å². The number of hydrogen-bond acceptors (Lipinski definition) is 1. The van der Waals surface area contributed by atoms with Crippen molar-refractivity contribution >= 4 is 0 Å². The Hall–Kier alpha value is -0.820. The highest BCUT2D eigenvalue weighted by Gasteiger charge is 2.53. The highest BCUT2D eigenvalue weighted by atomic mass is 15.0. The van der Waals surface area contributed by atoms with Gasteiger partial charge in [-0.15, -0.1) is 0 Å².